The molecular weight excluding hydrogens is 357 g/mol. The van der Waals surface area contributed by atoms with Crippen molar-refractivity contribution >= 4 is 11.9 Å². The van der Waals surface area contributed by atoms with Gasteiger partial charge in [-0.25, -0.2) is 14.8 Å². The number of carbonyl (C=O) groups is 1. The third-order valence-corrected chi connectivity index (χ3v) is 3.88. The van der Waals surface area contributed by atoms with E-state index in [0.717, 1.165) is 39.3 Å². The largest absolute Gasteiger partial charge is 0.490 e. The molecular formula is C15H21F3N4O4. The van der Waals surface area contributed by atoms with Crippen molar-refractivity contribution in [3.05, 3.63) is 18.5 Å². The standard InChI is InChI=1S/C13H20N4O2.C2HF3O2/c1-2-15-12(16-3-1)17-7-11-6-13(19-8-11)9-14-4-5-18-10-13;3-2(4,5)1(6)7/h1-3,11,14H,4-10H2,(H,15,16,17);(H,6,7). The van der Waals surface area contributed by atoms with Gasteiger partial charge in [0.2, 0.25) is 5.95 Å². The van der Waals surface area contributed by atoms with E-state index in [1.165, 1.54) is 0 Å². The first-order valence-corrected chi connectivity index (χ1v) is 8.04. The van der Waals surface area contributed by atoms with E-state index in [-0.39, 0.29) is 5.60 Å². The van der Waals surface area contributed by atoms with Crippen molar-refractivity contribution in [2.24, 2.45) is 5.92 Å². The fourth-order valence-electron chi connectivity index (χ4n) is 2.69. The van der Waals surface area contributed by atoms with Crippen LogP contribution in [0.25, 0.3) is 0 Å². The summed E-state index contributed by atoms with van der Waals surface area (Å²) in [6.07, 6.45) is -0.587. The van der Waals surface area contributed by atoms with Gasteiger partial charge in [-0.15, -0.1) is 0 Å². The summed E-state index contributed by atoms with van der Waals surface area (Å²) in [6, 6.07) is 1.81. The molecule has 11 heteroatoms. The lowest BCUT2D eigenvalue weighted by molar-refractivity contribution is -0.192. The zero-order valence-corrected chi connectivity index (χ0v) is 14.0. The van der Waals surface area contributed by atoms with E-state index in [1.54, 1.807) is 12.4 Å². The average Bonchev–Trinajstić information content (AvgIpc) is 2.85. The monoisotopic (exact) mass is 378 g/mol. The second kappa shape index (κ2) is 9.10. The predicted octanol–water partition coefficient (Wildman–Crippen LogP) is 0.917. The molecule has 0 aliphatic carbocycles. The SMILES string of the molecule is O=C(O)C(F)(F)F.c1cnc(NCC2COC3(CNCCOC3)C2)nc1. The number of carboxylic acid groups (broad SMARTS) is 1. The molecule has 1 aromatic rings. The Kier molecular flexibility index (Phi) is 7.12. The summed E-state index contributed by atoms with van der Waals surface area (Å²) in [5, 5.41) is 13.8. The summed E-state index contributed by atoms with van der Waals surface area (Å²) in [7, 11) is 0. The van der Waals surface area contributed by atoms with Gasteiger partial charge in [-0.2, -0.15) is 13.2 Å². The maximum atomic E-state index is 10.6. The third kappa shape index (κ3) is 6.39. The predicted molar refractivity (Wildman–Crippen MR) is 84.7 cm³/mol. The van der Waals surface area contributed by atoms with Crippen molar-refractivity contribution in [2.45, 2.75) is 18.2 Å². The van der Waals surface area contributed by atoms with Gasteiger partial charge in [0.15, 0.2) is 0 Å². The number of anilines is 1. The van der Waals surface area contributed by atoms with Gasteiger partial charge >= 0.3 is 12.1 Å². The van der Waals surface area contributed by atoms with Gasteiger partial charge in [0.25, 0.3) is 0 Å². The summed E-state index contributed by atoms with van der Waals surface area (Å²) >= 11 is 0. The summed E-state index contributed by atoms with van der Waals surface area (Å²) in [5.41, 5.74) is -0.139. The summed E-state index contributed by atoms with van der Waals surface area (Å²) < 4.78 is 43.3. The smallest absolute Gasteiger partial charge is 0.475 e. The Morgan fingerprint density at radius 2 is 2.12 bits per heavy atom. The highest BCUT2D eigenvalue weighted by Crippen LogP contribution is 2.31. The molecule has 2 unspecified atom stereocenters. The lowest BCUT2D eigenvalue weighted by atomic mass is 9.95. The number of aliphatic carboxylic acids is 1. The van der Waals surface area contributed by atoms with Crippen molar-refractivity contribution in [1.82, 2.24) is 15.3 Å². The lowest BCUT2D eigenvalue weighted by Crippen LogP contribution is -2.42. The van der Waals surface area contributed by atoms with E-state index in [9.17, 15) is 13.2 Å². The van der Waals surface area contributed by atoms with Crippen LogP contribution in [0.3, 0.4) is 0 Å². The minimum absolute atomic E-state index is 0.139. The number of alkyl halides is 3. The summed E-state index contributed by atoms with van der Waals surface area (Å²) in [5.74, 6) is -1.60. The maximum absolute atomic E-state index is 10.6. The zero-order valence-electron chi connectivity index (χ0n) is 14.0. The van der Waals surface area contributed by atoms with E-state index in [4.69, 9.17) is 19.4 Å². The van der Waals surface area contributed by atoms with Gasteiger partial charge in [-0.3, -0.25) is 0 Å². The molecule has 1 aromatic heterocycles. The fourth-order valence-corrected chi connectivity index (χ4v) is 2.69. The van der Waals surface area contributed by atoms with Gasteiger partial charge in [0, 0.05) is 37.9 Å². The fraction of sp³-hybridized carbons (Fsp3) is 0.667. The molecule has 2 atom stereocenters. The number of nitrogens with zero attached hydrogens (tertiary/aromatic N) is 2. The summed E-state index contributed by atoms with van der Waals surface area (Å²) in [4.78, 5) is 17.2. The van der Waals surface area contributed by atoms with Crippen molar-refractivity contribution in [3.8, 4) is 0 Å². The van der Waals surface area contributed by atoms with Crippen LogP contribution in [0, 0.1) is 5.92 Å². The molecule has 1 spiro atoms. The van der Waals surface area contributed by atoms with Crippen molar-refractivity contribution < 1.29 is 32.5 Å². The topological polar surface area (TPSA) is 106 Å². The second-order valence-corrected chi connectivity index (χ2v) is 6.05. The molecule has 2 aliphatic heterocycles. The molecule has 0 aromatic carbocycles. The molecule has 2 saturated heterocycles. The van der Waals surface area contributed by atoms with E-state index >= 15 is 0 Å². The molecule has 8 nitrogen and oxygen atoms in total. The van der Waals surface area contributed by atoms with Gasteiger partial charge < -0.3 is 25.2 Å². The molecule has 0 saturated carbocycles. The quantitative estimate of drug-likeness (QED) is 0.713. The molecule has 3 N–H and O–H groups in total. The Hall–Kier alpha value is -1.98. The average molecular weight is 378 g/mol. The van der Waals surface area contributed by atoms with Crippen molar-refractivity contribution in [2.75, 3.05) is 44.8 Å². The number of aromatic nitrogens is 2. The van der Waals surface area contributed by atoms with Crippen LogP contribution >= 0.6 is 0 Å². The Labute approximate surface area is 148 Å². The molecule has 26 heavy (non-hydrogen) atoms. The van der Waals surface area contributed by atoms with Crippen LogP contribution in [0.5, 0.6) is 0 Å². The number of hydrogen-bond donors (Lipinski definition) is 3. The Bertz CT molecular complexity index is 566. The Balaban J connectivity index is 0.000000298. The molecule has 0 radical (unpaired) electrons. The number of rotatable bonds is 3. The molecule has 2 fully saturated rings. The van der Waals surface area contributed by atoms with Crippen LogP contribution in [0.4, 0.5) is 19.1 Å². The molecule has 0 bridgehead atoms. The number of hydrogen-bond acceptors (Lipinski definition) is 7. The van der Waals surface area contributed by atoms with E-state index in [2.05, 4.69) is 20.6 Å². The van der Waals surface area contributed by atoms with Crippen LogP contribution in [0.2, 0.25) is 0 Å². The highest BCUT2D eigenvalue weighted by atomic mass is 19.4. The Morgan fingerprint density at radius 3 is 2.77 bits per heavy atom. The Morgan fingerprint density at radius 1 is 1.42 bits per heavy atom. The van der Waals surface area contributed by atoms with Crippen LogP contribution in [-0.4, -0.2) is 72.3 Å². The first kappa shape index (κ1) is 20.3. The second-order valence-electron chi connectivity index (χ2n) is 6.05. The normalized spacial score (nSPS) is 25.9. The van der Waals surface area contributed by atoms with E-state index in [1.807, 2.05) is 6.07 Å². The third-order valence-electron chi connectivity index (χ3n) is 3.88. The van der Waals surface area contributed by atoms with E-state index in [0.29, 0.717) is 18.5 Å². The van der Waals surface area contributed by atoms with Gasteiger partial charge in [-0.1, -0.05) is 0 Å². The minimum atomic E-state index is -5.08. The minimum Gasteiger partial charge on any atom is -0.475 e. The van der Waals surface area contributed by atoms with Crippen LogP contribution in [0.1, 0.15) is 6.42 Å². The zero-order chi connectivity index (χ0) is 19.0. The first-order valence-electron chi connectivity index (χ1n) is 8.04. The number of halogens is 3. The molecule has 146 valence electrons. The van der Waals surface area contributed by atoms with Crippen LogP contribution < -0.4 is 10.6 Å². The maximum Gasteiger partial charge on any atom is 0.490 e. The number of nitrogens with one attached hydrogen (secondary N) is 2. The molecule has 2 aliphatic rings. The number of ether oxygens (including phenoxy) is 2. The van der Waals surface area contributed by atoms with Gasteiger partial charge in [-0.05, 0) is 12.5 Å². The highest BCUT2D eigenvalue weighted by Gasteiger charge is 2.41. The molecule has 3 rings (SSSR count). The highest BCUT2D eigenvalue weighted by molar-refractivity contribution is 5.73. The first-order chi connectivity index (χ1) is 12.3. The van der Waals surface area contributed by atoms with Crippen LogP contribution in [0.15, 0.2) is 18.5 Å². The van der Waals surface area contributed by atoms with E-state index < -0.39 is 12.1 Å². The molecule has 3 heterocycles. The summed E-state index contributed by atoms with van der Waals surface area (Å²) in [6.45, 7) is 4.86. The lowest BCUT2D eigenvalue weighted by Gasteiger charge is -2.25. The van der Waals surface area contributed by atoms with Crippen molar-refractivity contribution in [1.29, 1.82) is 0 Å². The van der Waals surface area contributed by atoms with Crippen molar-refractivity contribution in [3.63, 3.8) is 0 Å². The molecule has 0 amide bonds. The van der Waals surface area contributed by atoms with Gasteiger partial charge in [0.05, 0.1) is 19.8 Å². The van der Waals surface area contributed by atoms with Crippen LogP contribution in [-0.2, 0) is 14.3 Å². The van der Waals surface area contributed by atoms with Gasteiger partial charge in [0.1, 0.15) is 5.60 Å². The number of carboxylic acids is 1.